The minimum atomic E-state index is -0.300. The van der Waals surface area contributed by atoms with Crippen molar-refractivity contribution in [3.05, 3.63) is 53.7 Å². The number of furan rings is 1. The first-order valence-electron chi connectivity index (χ1n) is 5.48. The van der Waals surface area contributed by atoms with Crippen molar-refractivity contribution in [3.8, 4) is 0 Å². The van der Waals surface area contributed by atoms with Crippen molar-refractivity contribution >= 4 is 11.6 Å². The van der Waals surface area contributed by atoms with Gasteiger partial charge in [0.15, 0.2) is 0 Å². The third kappa shape index (κ3) is 2.82. The number of hydrazone groups is 1. The lowest BCUT2D eigenvalue weighted by Crippen LogP contribution is -2.19. The van der Waals surface area contributed by atoms with Gasteiger partial charge in [0, 0.05) is 12.4 Å². The smallest absolute Gasteiger partial charge is 0.272 e. The van der Waals surface area contributed by atoms with Gasteiger partial charge in [-0.25, -0.2) is 5.43 Å². The zero-order chi connectivity index (χ0) is 13.0. The number of hydrogen-bond acceptors (Lipinski definition) is 4. The summed E-state index contributed by atoms with van der Waals surface area (Å²) < 4.78 is 5.39. The molecule has 0 atom stereocenters. The predicted octanol–water partition coefficient (Wildman–Crippen LogP) is 2.14. The number of nitrogens with one attached hydrogen (secondary N) is 1. The quantitative estimate of drug-likeness (QED) is 0.663. The van der Waals surface area contributed by atoms with Crippen molar-refractivity contribution in [2.75, 3.05) is 0 Å². The van der Waals surface area contributed by atoms with Crippen LogP contribution >= 0.6 is 0 Å². The number of amides is 1. The van der Waals surface area contributed by atoms with Gasteiger partial charge in [-0.2, -0.15) is 5.10 Å². The molecule has 0 radical (unpaired) electrons. The molecule has 1 N–H and O–H groups in total. The minimum Gasteiger partial charge on any atom is -0.460 e. The second kappa shape index (κ2) is 5.27. The second-order valence-corrected chi connectivity index (χ2v) is 3.79. The monoisotopic (exact) mass is 243 g/mol. The molecule has 0 saturated heterocycles. The summed E-state index contributed by atoms with van der Waals surface area (Å²) in [5.41, 5.74) is 3.53. The molecule has 0 bridgehead atoms. The van der Waals surface area contributed by atoms with Crippen molar-refractivity contribution in [2.45, 2.75) is 13.8 Å². The highest BCUT2D eigenvalue weighted by atomic mass is 16.3. The topological polar surface area (TPSA) is 67.5 Å². The van der Waals surface area contributed by atoms with E-state index in [9.17, 15) is 4.79 Å². The molecular weight excluding hydrogens is 230 g/mol. The van der Waals surface area contributed by atoms with Crippen LogP contribution in [0.2, 0.25) is 0 Å². The molecule has 92 valence electrons. The van der Waals surface area contributed by atoms with Gasteiger partial charge in [0.25, 0.3) is 5.91 Å². The molecule has 0 aliphatic carbocycles. The van der Waals surface area contributed by atoms with Gasteiger partial charge in [0.1, 0.15) is 17.2 Å². The first-order chi connectivity index (χ1) is 8.66. The maximum absolute atomic E-state index is 11.7. The molecule has 2 heterocycles. The van der Waals surface area contributed by atoms with Crippen LogP contribution in [-0.2, 0) is 0 Å². The Labute approximate surface area is 105 Å². The number of hydrogen-bond donors (Lipinski definition) is 1. The van der Waals surface area contributed by atoms with E-state index in [1.54, 1.807) is 25.3 Å². The van der Waals surface area contributed by atoms with Gasteiger partial charge in [-0.15, -0.1) is 0 Å². The van der Waals surface area contributed by atoms with Crippen molar-refractivity contribution in [3.63, 3.8) is 0 Å². The molecule has 0 aromatic carbocycles. The highest BCUT2D eigenvalue weighted by Gasteiger charge is 2.06. The maximum Gasteiger partial charge on any atom is 0.272 e. The molecule has 2 rings (SSSR count). The zero-order valence-electron chi connectivity index (χ0n) is 10.2. The average molecular weight is 243 g/mol. The molecule has 0 fully saturated rings. The van der Waals surface area contributed by atoms with Crippen LogP contribution in [0.4, 0.5) is 0 Å². The van der Waals surface area contributed by atoms with E-state index in [-0.39, 0.29) is 5.91 Å². The van der Waals surface area contributed by atoms with Gasteiger partial charge < -0.3 is 4.42 Å². The third-order valence-corrected chi connectivity index (χ3v) is 2.35. The molecule has 1 amide bonds. The summed E-state index contributed by atoms with van der Waals surface area (Å²) in [5, 5.41) is 3.98. The Hall–Kier alpha value is -2.43. The van der Waals surface area contributed by atoms with Crippen LogP contribution in [0.1, 0.15) is 28.8 Å². The summed E-state index contributed by atoms with van der Waals surface area (Å²) in [7, 11) is 0. The minimum absolute atomic E-state index is 0.300. The average Bonchev–Trinajstić information content (AvgIpc) is 2.83. The van der Waals surface area contributed by atoms with Crippen LogP contribution in [0.25, 0.3) is 0 Å². The first-order valence-corrected chi connectivity index (χ1v) is 5.48. The standard InChI is InChI=1S/C13H13N3O2/c1-9-5-6-12(18-9)10(2)15-16-13(17)11-4-3-7-14-8-11/h3-8H,1-2H3,(H,16,17). The molecule has 0 unspecified atom stereocenters. The molecule has 0 saturated carbocycles. The molecule has 18 heavy (non-hydrogen) atoms. The third-order valence-electron chi connectivity index (χ3n) is 2.35. The second-order valence-electron chi connectivity index (χ2n) is 3.79. The lowest BCUT2D eigenvalue weighted by molar-refractivity contribution is 0.0954. The van der Waals surface area contributed by atoms with Crippen molar-refractivity contribution in [1.82, 2.24) is 10.4 Å². The number of carbonyl (C=O) groups excluding carboxylic acids is 1. The van der Waals surface area contributed by atoms with Crippen LogP contribution in [0.15, 0.2) is 46.2 Å². The fraction of sp³-hybridized carbons (Fsp3) is 0.154. The number of aryl methyl sites for hydroxylation is 1. The number of carbonyl (C=O) groups is 1. The molecule has 5 nitrogen and oxygen atoms in total. The zero-order valence-corrected chi connectivity index (χ0v) is 10.2. The Morgan fingerprint density at radius 3 is 2.83 bits per heavy atom. The lowest BCUT2D eigenvalue weighted by atomic mass is 10.3. The van der Waals surface area contributed by atoms with Crippen LogP contribution in [0.3, 0.4) is 0 Å². The Balaban J connectivity index is 2.05. The molecule has 0 aliphatic heterocycles. The molecule has 0 aliphatic rings. The summed E-state index contributed by atoms with van der Waals surface area (Å²) in [5.74, 6) is 1.14. The highest BCUT2D eigenvalue weighted by molar-refractivity contribution is 5.99. The molecule has 5 heteroatoms. The van der Waals surface area contributed by atoms with Gasteiger partial charge in [0.2, 0.25) is 0 Å². The van der Waals surface area contributed by atoms with Gasteiger partial charge in [0.05, 0.1) is 5.56 Å². The highest BCUT2D eigenvalue weighted by Crippen LogP contribution is 2.07. The SMILES string of the molecule is CC(=NNC(=O)c1cccnc1)c1ccc(C)o1. The summed E-state index contributed by atoms with van der Waals surface area (Å²) in [6.07, 6.45) is 3.09. The van der Waals surface area contributed by atoms with Gasteiger partial charge in [-0.1, -0.05) is 0 Å². The van der Waals surface area contributed by atoms with E-state index in [2.05, 4.69) is 15.5 Å². The predicted molar refractivity (Wildman–Crippen MR) is 67.4 cm³/mol. The van der Waals surface area contributed by atoms with E-state index in [0.29, 0.717) is 17.0 Å². The molecule has 2 aromatic heterocycles. The van der Waals surface area contributed by atoms with Crippen LogP contribution < -0.4 is 5.43 Å². The largest absolute Gasteiger partial charge is 0.460 e. The van der Waals surface area contributed by atoms with Crippen LogP contribution in [-0.4, -0.2) is 16.6 Å². The summed E-state index contributed by atoms with van der Waals surface area (Å²) in [6.45, 7) is 3.62. The number of pyridine rings is 1. The van der Waals surface area contributed by atoms with Crippen LogP contribution in [0, 0.1) is 6.92 Å². The molecule has 2 aromatic rings. The normalized spacial score (nSPS) is 11.3. The van der Waals surface area contributed by atoms with Gasteiger partial charge in [-0.3, -0.25) is 9.78 Å². The van der Waals surface area contributed by atoms with Crippen LogP contribution in [0.5, 0.6) is 0 Å². The van der Waals surface area contributed by atoms with E-state index in [4.69, 9.17) is 4.42 Å². The molecular formula is C13H13N3O2. The fourth-order valence-corrected chi connectivity index (χ4v) is 1.38. The Morgan fingerprint density at radius 2 is 2.22 bits per heavy atom. The first kappa shape index (κ1) is 12.0. The van der Waals surface area contributed by atoms with E-state index in [0.717, 1.165) is 5.76 Å². The summed E-state index contributed by atoms with van der Waals surface area (Å²) >= 11 is 0. The van der Waals surface area contributed by atoms with E-state index in [1.807, 2.05) is 19.1 Å². The van der Waals surface area contributed by atoms with E-state index < -0.39 is 0 Å². The van der Waals surface area contributed by atoms with Crippen molar-refractivity contribution in [2.24, 2.45) is 5.10 Å². The number of rotatable bonds is 3. The van der Waals surface area contributed by atoms with Crippen molar-refractivity contribution in [1.29, 1.82) is 0 Å². The van der Waals surface area contributed by atoms with E-state index in [1.165, 1.54) is 6.20 Å². The lowest BCUT2D eigenvalue weighted by Gasteiger charge is -2.00. The Kier molecular flexibility index (Phi) is 3.52. The fourth-order valence-electron chi connectivity index (χ4n) is 1.38. The maximum atomic E-state index is 11.7. The van der Waals surface area contributed by atoms with E-state index >= 15 is 0 Å². The summed E-state index contributed by atoms with van der Waals surface area (Å²) in [4.78, 5) is 15.6. The van der Waals surface area contributed by atoms with Gasteiger partial charge in [-0.05, 0) is 38.1 Å². The van der Waals surface area contributed by atoms with Gasteiger partial charge >= 0.3 is 0 Å². The van der Waals surface area contributed by atoms with Crippen molar-refractivity contribution < 1.29 is 9.21 Å². The Bertz CT molecular complexity index is 573. The summed E-state index contributed by atoms with van der Waals surface area (Å²) in [6, 6.07) is 7.02. The Morgan fingerprint density at radius 1 is 1.39 bits per heavy atom. The number of nitrogens with zero attached hydrogens (tertiary/aromatic N) is 2. The molecule has 0 spiro atoms. The number of aromatic nitrogens is 1.